The topological polar surface area (TPSA) is 285 Å². The van der Waals surface area contributed by atoms with Gasteiger partial charge in [0.05, 0.1) is 0 Å². The van der Waals surface area contributed by atoms with Crippen LogP contribution in [-0.2, 0) is 42.5 Å². The zero-order valence-electron chi connectivity index (χ0n) is 12.5. The van der Waals surface area contributed by atoms with Crippen LogP contribution >= 0.6 is 0 Å². The summed E-state index contributed by atoms with van der Waals surface area (Å²) in [5, 5.41) is 103. The fourth-order valence-corrected chi connectivity index (χ4v) is 2.19. The van der Waals surface area contributed by atoms with Crippen molar-refractivity contribution < 1.29 is 42.5 Å². The summed E-state index contributed by atoms with van der Waals surface area (Å²) in [5.74, 6) is 0. The number of rotatable bonds is 0. The van der Waals surface area contributed by atoms with E-state index in [-0.39, 0.29) is 72.4 Å². The maximum atomic E-state index is 8.58. The quantitative estimate of drug-likeness (QED) is 0.340. The van der Waals surface area contributed by atoms with Gasteiger partial charge in [-0.2, -0.15) is 0 Å². The summed E-state index contributed by atoms with van der Waals surface area (Å²) >= 11 is 0. The number of hydrogen-bond acceptors (Lipinski definition) is 12. The molecule has 0 aromatic rings. The molecule has 0 aliphatic carbocycles. The van der Waals surface area contributed by atoms with Gasteiger partial charge in [-0.25, -0.2) is 0 Å². The Morgan fingerprint density at radius 3 is 0.357 bits per heavy atom. The molecule has 132 valence electrons. The molecule has 0 unspecified atom stereocenters. The molecule has 0 saturated carbocycles. The van der Waals surface area contributed by atoms with Gasteiger partial charge in [-0.15, -0.1) is 0 Å². The first kappa shape index (κ1) is 32.9. The van der Waals surface area contributed by atoms with Gasteiger partial charge in [0.1, 0.15) is 0 Å². The van der Waals surface area contributed by atoms with Gasteiger partial charge in [0, 0.05) is 0 Å². The fraction of sp³-hybridized carbons (Fsp3) is 0. The van der Waals surface area contributed by atoms with E-state index in [0.717, 1.165) is 59.6 Å². The van der Waals surface area contributed by atoms with E-state index in [1.807, 2.05) is 0 Å². The van der Waals surface area contributed by atoms with Gasteiger partial charge < -0.3 is 0 Å². The summed E-state index contributed by atoms with van der Waals surface area (Å²) in [6.45, 7) is 0. The monoisotopic (exact) mass is 562 g/mol. The van der Waals surface area contributed by atoms with Crippen molar-refractivity contribution in [2.75, 3.05) is 0 Å². The van der Waals surface area contributed by atoms with Crippen molar-refractivity contribution in [1.29, 1.82) is 63.1 Å². The Morgan fingerprint density at radius 2 is 0.357 bits per heavy atom. The van der Waals surface area contributed by atoms with Crippen LogP contribution in [0.1, 0.15) is 0 Å². The SMILES string of the molecule is N#[C][Fe-3]([C]#N)([C]#N)([C]#N)([C]#N)[C]#N.N#[C][Fe-3]([C]#N)([C]#N)([C]#N)([C]#N)[C]#N.[KH].[Mo+6]. The Hall–Kier alpha value is -2.76. The van der Waals surface area contributed by atoms with Crippen molar-refractivity contribution in [2.45, 2.75) is 0 Å². The average Bonchev–Trinajstić information content (AvgIpc) is 2.77. The summed E-state index contributed by atoms with van der Waals surface area (Å²) in [6.07, 6.45) is 0. The summed E-state index contributed by atoms with van der Waals surface area (Å²) in [4.78, 5) is 12.4. The van der Waals surface area contributed by atoms with Crippen molar-refractivity contribution in [3.63, 3.8) is 0 Å². The van der Waals surface area contributed by atoms with Crippen LogP contribution in [0.25, 0.3) is 0 Å². The molecule has 0 bridgehead atoms. The molecule has 0 heterocycles. The molecule has 0 aromatic carbocycles. The molecular weight excluding hydrogens is 559 g/mol. The third kappa shape index (κ3) is 3.51. The van der Waals surface area contributed by atoms with Gasteiger partial charge in [0.15, 0.2) is 0 Å². The van der Waals surface area contributed by atoms with E-state index >= 15 is 0 Å². The van der Waals surface area contributed by atoms with Gasteiger partial charge in [-0.3, -0.25) is 0 Å². The average molecular weight is 560 g/mol. The number of hydrogen-bond donors (Lipinski definition) is 0. The molecule has 0 atom stereocenters. The molecular formula is C12HFe2KMoN12. The predicted octanol–water partition coefficient (Wildman–Crippen LogP) is -0.455. The summed E-state index contributed by atoms with van der Waals surface area (Å²) < 4.78 is 0. The normalized spacial score (nSPS) is 12.4. The second-order valence-electron chi connectivity index (χ2n) is 3.60. The molecule has 0 aliphatic rings. The van der Waals surface area contributed by atoms with E-state index in [2.05, 4.69) is 0 Å². The minimum absolute atomic E-state index is 0. The van der Waals surface area contributed by atoms with Gasteiger partial charge >= 0.3 is 217 Å². The molecule has 28 heavy (non-hydrogen) atoms. The van der Waals surface area contributed by atoms with E-state index in [1.54, 1.807) is 0 Å². The Labute approximate surface area is 213 Å². The number of nitriles is 12. The molecule has 0 spiro atoms. The molecule has 0 aliphatic heterocycles. The Balaban J connectivity index is -0.000000192. The molecule has 0 rings (SSSR count). The Bertz CT molecular complexity index is 888. The minimum Gasteiger partial charge on any atom is 6.00 e. The smallest absolute Gasteiger partial charge is 6.00 e. The fourth-order valence-electron chi connectivity index (χ4n) is 0.530. The number of nitrogens with zero attached hydrogens (tertiary/aromatic N) is 12. The molecule has 16 heteroatoms. The van der Waals surface area contributed by atoms with Crippen molar-refractivity contribution in [1.82, 2.24) is 0 Å². The molecule has 12 nitrogen and oxygen atoms in total. The molecule has 0 N–H and O–H groups in total. The van der Waals surface area contributed by atoms with Crippen LogP contribution < -0.4 is 0 Å². The Kier molecular flexibility index (Phi) is 9.99. The molecule has 0 aromatic heterocycles. The van der Waals surface area contributed by atoms with Crippen molar-refractivity contribution >= 4 is 51.4 Å². The van der Waals surface area contributed by atoms with E-state index in [9.17, 15) is 0 Å². The van der Waals surface area contributed by atoms with Crippen LogP contribution in [-0.4, -0.2) is 51.4 Å². The summed E-state index contributed by atoms with van der Waals surface area (Å²) in [6, 6.07) is 0. The van der Waals surface area contributed by atoms with Crippen LogP contribution in [0.2, 0.25) is 0 Å². The van der Waals surface area contributed by atoms with Crippen LogP contribution in [0, 0.1) is 123 Å². The van der Waals surface area contributed by atoms with Gasteiger partial charge in [-0.1, -0.05) is 0 Å². The van der Waals surface area contributed by atoms with Crippen LogP contribution in [0.3, 0.4) is 0 Å². The first-order chi connectivity index (χ1) is 11.9. The molecule has 0 amide bonds. The first-order valence-electron chi connectivity index (χ1n) is 4.80. The first-order valence-corrected chi connectivity index (χ1v) is 11.4. The zero-order chi connectivity index (χ0) is 21.3. The summed E-state index contributed by atoms with van der Waals surface area (Å²) in [7, 11) is -12.3. The Morgan fingerprint density at radius 1 is 0.286 bits per heavy atom. The van der Waals surface area contributed by atoms with Gasteiger partial charge in [-0.05, 0) is 0 Å². The standard InChI is InChI=1S/12CN.2Fe.K.Mo.H/c12*1-2;;;;;/q;;;;;;;;;;;;2*-3;;+6;. The largest absolute Gasteiger partial charge is 6.00 e. The van der Waals surface area contributed by atoms with Crippen LogP contribution in [0.15, 0.2) is 0 Å². The van der Waals surface area contributed by atoms with E-state index in [1.165, 1.54) is 0 Å². The van der Waals surface area contributed by atoms with Gasteiger partial charge in [0.25, 0.3) is 0 Å². The van der Waals surface area contributed by atoms with E-state index in [0.29, 0.717) is 0 Å². The third-order valence-corrected chi connectivity index (χ3v) is 9.78. The van der Waals surface area contributed by atoms with Crippen LogP contribution in [0.5, 0.6) is 0 Å². The van der Waals surface area contributed by atoms with Crippen LogP contribution in [0.4, 0.5) is 0 Å². The van der Waals surface area contributed by atoms with Crippen molar-refractivity contribution in [2.24, 2.45) is 0 Å². The van der Waals surface area contributed by atoms with Crippen molar-refractivity contribution in [3.8, 4) is 59.6 Å². The predicted molar refractivity (Wildman–Crippen MR) is 74.5 cm³/mol. The summed E-state index contributed by atoms with van der Waals surface area (Å²) in [5.41, 5.74) is 0. The van der Waals surface area contributed by atoms with E-state index in [4.69, 9.17) is 63.1 Å². The second-order valence-corrected chi connectivity index (χ2v) is 14.8. The second kappa shape index (κ2) is 8.50. The van der Waals surface area contributed by atoms with E-state index < -0.39 is 21.5 Å². The third-order valence-electron chi connectivity index (χ3n) is 2.37. The minimum atomic E-state index is -6.17. The maximum Gasteiger partial charge on any atom is 6.00 e. The molecule has 0 fully saturated rings. The molecule has 0 radical (unpaired) electrons. The maximum absolute atomic E-state index is 8.58. The zero-order valence-corrected chi connectivity index (χ0v) is 16.7. The van der Waals surface area contributed by atoms with Crippen molar-refractivity contribution in [3.05, 3.63) is 0 Å². The molecule has 0 saturated heterocycles. The van der Waals surface area contributed by atoms with Gasteiger partial charge in [0.2, 0.25) is 0 Å².